The number of carbonyl (C=O) groups is 1. The summed E-state index contributed by atoms with van der Waals surface area (Å²) in [6.45, 7) is 0.419. The topological polar surface area (TPSA) is 52.6 Å². The van der Waals surface area contributed by atoms with E-state index in [2.05, 4.69) is 37.2 Å². The molecule has 4 nitrogen and oxygen atoms in total. The van der Waals surface area contributed by atoms with Gasteiger partial charge < -0.3 is 15.3 Å². The molecule has 7 heteroatoms. The first kappa shape index (κ1) is 20.4. The number of nitrogens with one attached hydrogen (secondary N) is 1. The number of phenolic OH excluding ortho intramolecular Hbond substituents is 1. The lowest BCUT2D eigenvalue weighted by Crippen LogP contribution is -2.34. The van der Waals surface area contributed by atoms with Gasteiger partial charge in [-0.1, -0.05) is 46.3 Å². The SMILES string of the molecule is O=C(Nc1ccccc1)N(Cc1ccc(F)cc1)Cc1cc(Br)cc(Br)c1O. The monoisotopic (exact) mass is 506 g/mol. The largest absolute Gasteiger partial charge is 0.506 e. The summed E-state index contributed by atoms with van der Waals surface area (Å²) < 4.78 is 14.5. The van der Waals surface area contributed by atoms with Crippen molar-refractivity contribution in [2.45, 2.75) is 13.1 Å². The summed E-state index contributed by atoms with van der Waals surface area (Å²) in [5, 5.41) is 13.2. The van der Waals surface area contributed by atoms with Crippen LogP contribution in [-0.4, -0.2) is 16.0 Å². The van der Waals surface area contributed by atoms with Gasteiger partial charge in [-0.2, -0.15) is 0 Å². The summed E-state index contributed by atoms with van der Waals surface area (Å²) >= 11 is 6.71. The molecule has 0 fully saturated rings. The zero-order chi connectivity index (χ0) is 20.1. The molecule has 0 aliphatic heterocycles. The highest BCUT2D eigenvalue weighted by molar-refractivity contribution is 9.11. The quantitative estimate of drug-likeness (QED) is 0.426. The van der Waals surface area contributed by atoms with Crippen LogP contribution in [0.15, 0.2) is 75.7 Å². The highest BCUT2D eigenvalue weighted by Crippen LogP contribution is 2.32. The van der Waals surface area contributed by atoms with Gasteiger partial charge in [0.2, 0.25) is 0 Å². The molecule has 3 aromatic carbocycles. The summed E-state index contributed by atoms with van der Waals surface area (Å²) in [5.41, 5.74) is 2.01. The molecule has 2 amide bonds. The summed E-state index contributed by atoms with van der Waals surface area (Å²) in [4.78, 5) is 14.5. The molecule has 0 aromatic heterocycles. The van der Waals surface area contributed by atoms with Gasteiger partial charge in [0.15, 0.2) is 0 Å². The van der Waals surface area contributed by atoms with Crippen LogP contribution in [0, 0.1) is 5.82 Å². The third-order valence-corrected chi connectivity index (χ3v) is 5.13. The Morgan fingerprint density at radius 1 is 1.00 bits per heavy atom. The number of hydrogen-bond acceptors (Lipinski definition) is 2. The number of rotatable bonds is 5. The van der Waals surface area contributed by atoms with E-state index < -0.39 is 0 Å². The Kier molecular flexibility index (Phi) is 6.70. The van der Waals surface area contributed by atoms with Crippen molar-refractivity contribution in [1.82, 2.24) is 4.90 Å². The minimum atomic E-state index is -0.336. The van der Waals surface area contributed by atoms with Crippen molar-refractivity contribution in [2.75, 3.05) is 5.32 Å². The Hall–Kier alpha value is -2.38. The van der Waals surface area contributed by atoms with Gasteiger partial charge in [-0.15, -0.1) is 0 Å². The molecule has 0 aliphatic carbocycles. The molecule has 0 aliphatic rings. The smallest absolute Gasteiger partial charge is 0.322 e. The molecular weight excluding hydrogens is 491 g/mol. The first-order chi connectivity index (χ1) is 13.4. The molecule has 3 rings (SSSR count). The Labute approximate surface area is 179 Å². The summed E-state index contributed by atoms with van der Waals surface area (Å²) in [7, 11) is 0. The summed E-state index contributed by atoms with van der Waals surface area (Å²) in [6, 6.07) is 18.3. The predicted octanol–water partition coefficient (Wildman–Crippen LogP) is 6.29. The number of carbonyl (C=O) groups excluding carboxylic acids is 1. The third-order valence-electron chi connectivity index (χ3n) is 4.07. The molecule has 3 aromatic rings. The van der Waals surface area contributed by atoms with E-state index in [1.54, 1.807) is 41.3 Å². The maximum Gasteiger partial charge on any atom is 0.322 e. The van der Waals surface area contributed by atoms with E-state index in [0.29, 0.717) is 15.7 Å². The van der Waals surface area contributed by atoms with Crippen molar-refractivity contribution in [3.63, 3.8) is 0 Å². The molecule has 0 saturated heterocycles. The van der Waals surface area contributed by atoms with E-state index in [9.17, 15) is 14.3 Å². The van der Waals surface area contributed by atoms with Gasteiger partial charge in [-0.3, -0.25) is 0 Å². The second-order valence-corrected chi connectivity index (χ2v) is 7.94. The lowest BCUT2D eigenvalue weighted by Gasteiger charge is -2.24. The van der Waals surface area contributed by atoms with Crippen molar-refractivity contribution in [3.8, 4) is 5.75 Å². The van der Waals surface area contributed by atoms with E-state index in [-0.39, 0.29) is 30.7 Å². The minimum absolute atomic E-state index is 0.0693. The zero-order valence-electron chi connectivity index (χ0n) is 14.7. The molecule has 28 heavy (non-hydrogen) atoms. The Bertz CT molecular complexity index is 966. The second kappa shape index (κ2) is 9.21. The molecule has 144 valence electrons. The molecule has 0 saturated carbocycles. The van der Waals surface area contributed by atoms with Gasteiger partial charge in [0.05, 0.1) is 11.0 Å². The molecule has 0 unspecified atom stereocenters. The van der Waals surface area contributed by atoms with Crippen LogP contribution < -0.4 is 5.32 Å². The van der Waals surface area contributed by atoms with E-state index >= 15 is 0 Å². The fourth-order valence-corrected chi connectivity index (χ4v) is 3.99. The molecule has 0 heterocycles. The number of amides is 2. The summed E-state index contributed by atoms with van der Waals surface area (Å²) in [6.07, 6.45) is 0. The summed E-state index contributed by atoms with van der Waals surface area (Å²) in [5.74, 6) is -0.266. The maximum atomic E-state index is 13.2. The predicted molar refractivity (Wildman–Crippen MR) is 115 cm³/mol. The van der Waals surface area contributed by atoms with Crippen molar-refractivity contribution >= 4 is 43.6 Å². The fourth-order valence-electron chi connectivity index (χ4n) is 2.68. The molecule has 0 bridgehead atoms. The number of nitrogens with zero attached hydrogens (tertiary/aromatic N) is 1. The Morgan fingerprint density at radius 2 is 1.68 bits per heavy atom. The van der Waals surface area contributed by atoms with Crippen LogP contribution >= 0.6 is 31.9 Å². The third kappa shape index (κ3) is 5.33. The first-order valence-electron chi connectivity index (χ1n) is 8.44. The fraction of sp³-hybridized carbons (Fsp3) is 0.0952. The van der Waals surface area contributed by atoms with Crippen LogP contribution in [-0.2, 0) is 13.1 Å². The van der Waals surface area contributed by atoms with E-state index in [0.717, 1.165) is 10.0 Å². The Morgan fingerprint density at radius 3 is 2.36 bits per heavy atom. The highest BCUT2D eigenvalue weighted by Gasteiger charge is 2.18. The van der Waals surface area contributed by atoms with Gasteiger partial charge in [0.1, 0.15) is 11.6 Å². The van der Waals surface area contributed by atoms with Crippen molar-refractivity contribution in [1.29, 1.82) is 0 Å². The van der Waals surface area contributed by atoms with Gasteiger partial charge >= 0.3 is 6.03 Å². The van der Waals surface area contributed by atoms with Gasteiger partial charge in [-0.05, 0) is 57.9 Å². The number of halogens is 3. The lowest BCUT2D eigenvalue weighted by atomic mass is 10.1. The van der Waals surface area contributed by atoms with Crippen LogP contribution in [0.4, 0.5) is 14.9 Å². The number of aromatic hydroxyl groups is 1. The Balaban J connectivity index is 1.87. The minimum Gasteiger partial charge on any atom is -0.506 e. The van der Waals surface area contributed by atoms with Crippen molar-refractivity contribution < 1.29 is 14.3 Å². The van der Waals surface area contributed by atoms with Gasteiger partial charge in [-0.25, -0.2) is 9.18 Å². The molecule has 0 radical (unpaired) electrons. The molecule has 0 spiro atoms. The number of hydrogen-bond donors (Lipinski definition) is 2. The number of urea groups is 1. The number of phenols is 1. The average Bonchev–Trinajstić information content (AvgIpc) is 2.67. The van der Waals surface area contributed by atoms with Gasteiger partial charge in [0, 0.05) is 22.3 Å². The standard InChI is InChI=1S/C21H17Br2FN2O2/c22-16-10-15(20(27)19(23)11-16)13-26(12-14-6-8-17(24)9-7-14)21(28)25-18-4-2-1-3-5-18/h1-11,27H,12-13H2,(H,25,28). The highest BCUT2D eigenvalue weighted by atomic mass is 79.9. The normalized spacial score (nSPS) is 10.5. The van der Waals surface area contributed by atoms with Crippen LogP contribution in [0.25, 0.3) is 0 Å². The zero-order valence-corrected chi connectivity index (χ0v) is 17.9. The molecule has 0 atom stereocenters. The lowest BCUT2D eigenvalue weighted by molar-refractivity contribution is 0.206. The van der Waals surface area contributed by atoms with Crippen LogP contribution in [0.2, 0.25) is 0 Å². The first-order valence-corrected chi connectivity index (χ1v) is 10.0. The van der Waals surface area contributed by atoms with E-state index in [1.807, 2.05) is 18.2 Å². The average molecular weight is 508 g/mol. The second-order valence-electron chi connectivity index (χ2n) is 6.17. The van der Waals surface area contributed by atoms with Gasteiger partial charge in [0.25, 0.3) is 0 Å². The van der Waals surface area contributed by atoms with E-state index in [4.69, 9.17) is 0 Å². The number of para-hydroxylation sites is 1. The number of anilines is 1. The molecular formula is C21H17Br2FN2O2. The van der Waals surface area contributed by atoms with Crippen molar-refractivity contribution in [3.05, 3.63) is 92.6 Å². The van der Waals surface area contributed by atoms with Crippen LogP contribution in [0.1, 0.15) is 11.1 Å². The van der Waals surface area contributed by atoms with Crippen molar-refractivity contribution in [2.24, 2.45) is 0 Å². The van der Waals surface area contributed by atoms with E-state index in [1.165, 1.54) is 12.1 Å². The number of benzene rings is 3. The molecule has 2 N–H and O–H groups in total. The van der Waals surface area contributed by atoms with Crippen LogP contribution in [0.5, 0.6) is 5.75 Å². The maximum absolute atomic E-state index is 13.2. The van der Waals surface area contributed by atoms with Crippen LogP contribution in [0.3, 0.4) is 0 Å².